The molecule has 2 aromatic rings. The molecule has 0 unspecified atom stereocenters. The summed E-state index contributed by atoms with van der Waals surface area (Å²) in [6.07, 6.45) is 3.03. The number of ether oxygens (including phenoxy) is 1. The van der Waals surface area contributed by atoms with Gasteiger partial charge in [-0.05, 0) is 12.1 Å². The van der Waals surface area contributed by atoms with Crippen molar-refractivity contribution in [2.45, 2.75) is 0 Å². The van der Waals surface area contributed by atoms with Crippen LogP contribution in [0.25, 0.3) is 11.3 Å². The second kappa shape index (κ2) is 4.45. The molecule has 2 rings (SSSR count). The number of aromatic amines is 1. The van der Waals surface area contributed by atoms with Gasteiger partial charge in [-0.2, -0.15) is 10.2 Å². The molecule has 0 saturated carbocycles. The highest BCUT2D eigenvalue weighted by molar-refractivity contribution is 5.59. The molecular weight excluding hydrogens is 220 g/mol. The van der Waals surface area contributed by atoms with E-state index in [0.29, 0.717) is 11.3 Å². The summed E-state index contributed by atoms with van der Waals surface area (Å²) >= 11 is 0. The maximum Gasteiger partial charge on any atom is 0.316 e. The van der Waals surface area contributed by atoms with Crippen LogP contribution in [0.3, 0.4) is 0 Å². The van der Waals surface area contributed by atoms with Crippen LogP contribution in [0.5, 0.6) is 6.01 Å². The molecule has 0 atom stereocenters. The third kappa shape index (κ3) is 2.13. The summed E-state index contributed by atoms with van der Waals surface area (Å²) in [6.45, 7) is 0. The molecule has 0 aromatic carbocycles. The average molecular weight is 228 g/mol. The molecule has 0 saturated heterocycles. The number of hydrogen-bond acceptors (Lipinski definition) is 5. The Morgan fingerprint density at radius 3 is 3.06 bits per heavy atom. The van der Waals surface area contributed by atoms with Crippen molar-refractivity contribution in [3.8, 4) is 23.3 Å². The zero-order valence-corrected chi connectivity index (χ0v) is 8.97. The van der Waals surface area contributed by atoms with Crippen LogP contribution in [0.15, 0.2) is 29.3 Å². The molecule has 6 heteroatoms. The number of aromatic nitrogens is 3. The van der Waals surface area contributed by atoms with Gasteiger partial charge in [-0.25, -0.2) is 4.98 Å². The molecule has 0 amide bonds. The standard InChI is InChI=1S/C11H8N4O2/c1-17-11-13-3-2-9(15-11)8-4-7(5-12)10(16)14-6-8/h2-4,6H,1H3,(H,14,16). The minimum Gasteiger partial charge on any atom is -0.467 e. The number of hydrogen-bond donors (Lipinski definition) is 1. The van der Waals surface area contributed by atoms with Crippen molar-refractivity contribution in [2.75, 3.05) is 7.11 Å². The Morgan fingerprint density at radius 1 is 1.53 bits per heavy atom. The zero-order chi connectivity index (χ0) is 12.3. The normalized spacial score (nSPS) is 9.65. The second-order valence-electron chi connectivity index (χ2n) is 3.17. The Balaban J connectivity index is 2.53. The molecular formula is C11H8N4O2. The number of nitriles is 1. The monoisotopic (exact) mass is 228 g/mol. The van der Waals surface area contributed by atoms with Crippen LogP contribution < -0.4 is 10.3 Å². The van der Waals surface area contributed by atoms with Gasteiger partial charge < -0.3 is 9.72 Å². The van der Waals surface area contributed by atoms with Gasteiger partial charge in [-0.15, -0.1) is 0 Å². The lowest BCUT2D eigenvalue weighted by Gasteiger charge is -2.02. The molecule has 2 heterocycles. The molecule has 0 spiro atoms. The third-order valence-corrected chi connectivity index (χ3v) is 2.14. The highest BCUT2D eigenvalue weighted by Gasteiger charge is 2.05. The van der Waals surface area contributed by atoms with Crippen LogP contribution in [0.1, 0.15) is 5.56 Å². The van der Waals surface area contributed by atoms with Gasteiger partial charge in [0.25, 0.3) is 5.56 Å². The predicted octanol–water partition coefficient (Wildman–Crippen LogP) is 0.712. The Bertz CT molecular complexity index is 642. The second-order valence-corrected chi connectivity index (χ2v) is 3.17. The van der Waals surface area contributed by atoms with Gasteiger partial charge in [0.15, 0.2) is 0 Å². The van der Waals surface area contributed by atoms with Gasteiger partial charge in [0.05, 0.1) is 12.8 Å². The molecule has 1 N–H and O–H groups in total. The molecule has 17 heavy (non-hydrogen) atoms. The first-order valence-electron chi connectivity index (χ1n) is 4.75. The number of methoxy groups -OCH3 is 1. The smallest absolute Gasteiger partial charge is 0.316 e. The fourth-order valence-corrected chi connectivity index (χ4v) is 1.31. The van der Waals surface area contributed by atoms with E-state index in [1.54, 1.807) is 12.3 Å². The van der Waals surface area contributed by atoms with Gasteiger partial charge in [0, 0.05) is 18.0 Å². The van der Waals surface area contributed by atoms with Crippen LogP contribution in [-0.4, -0.2) is 22.1 Å². The zero-order valence-electron chi connectivity index (χ0n) is 8.97. The summed E-state index contributed by atoms with van der Waals surface area (Å²) in [7, 11) is 1.46. The molecule has 0 aliphatic heterocycles. The van der Waals surface area contributed by atoms with E-state index in [4.69, 9.17) is 10.00 Å². The summed E-state index contributed by atoms with van der Waals surface area (Å²) in [4.78, 5) is 21.7. The van der Waals surface area contributed by atoms with Gasteiger partial charge in [-0.1, -0.05) is 0 Å². The molecule has 0 radical (unpaired) electrons. The Morgan fingerprint density at radius 2 is 2.35 bits per heavy atom. The van der Waals surface area contributed by atoms with Crippen molar-refractivity contribution in [1.29, 1.82) is 5.26 Å². The minimum absolute atomic E-state index is 0.0417. The third-order valence-electron chi connectivity index (χ3n) is 2.14. The first-order valence-corrected chi connectivity index (χ1v) is 4.75. The van der Waals surface area contributed by atoms with Crippen LogP contribution in [0.2, 0.25) is 0 Å². The highest BCUT2D eigenvalue weighted by Crippen LogP contribution is 2.16. The van der Waals surface area contributed by atoms with Crippen molar-refractivity contribution >= 4 is 0 Å². The van der Waals surface area contributed by atoms with Crippen molar-refractivity contribution in [3.63, 3.8) is 0 Å². The number of rotatable bonds is 2. The quantitative estimate of drug-likeness (QED) is 0.817. The number of H-pyrrole nitrogens is 1. The number of nitrogens with one attached hydrogen (secondary N) is 1. The lowest BCUT2D eigenvalue weighted by molar-refractivity contribution is 0.380. The minimum atomic E-state index is -0.419. The fourth-order valence-electron chi connectivity index (χ4n) is 1.31. The van der Waals surface area contributed by atoms with E-state index in [2.05, 4.69) is 15.0 Å². The van der Waals surface area contributed by atoms with Crippen molar-refractivity contribution < 1.29 is 4.74 Å². The van der Waals surface area contributed by atoms with Crippen molar-refractivity contribution in [2.24, 2.45) is 0 Å². The van der Waals surface area contributed by atoms with E-state index < -0.39 is 5.56 Å². The van der Waals surface area contributed by atoms with Crippen molar-refractivity contribution in [3.05, 3.63) is 40.4 Å². The van der Waals surface area contributed by atoms with Crippen molar-refractivity contribution in [1.82, 2.24) is 15.0 Å². The highest BCUT2D eigenvalue weighted by atomic mass is 16.5. The van der Waals surface area contributed by atoms with Gasteiger partial charge >= 0.3 is 6.01 Å². The maximum absolute atomic E-state index is 11.2. The van der Waals surface area contributed by atoms with Gasteiger partial charge in [-0.3, -0.25) is 4.79 Å². The summed E-state index contributed by atoms with van der Waals surface area (Å²) in [5.74, 6) is 0. The molecule has 0 fully saturated rings. The molecule has 0 bridgehead atoms. The summed E-state index contributed by atoms with van der Waals surface area (Å²) in [5, 5.41) is 8.76. The van der Waals surface area contributed by atoms with Gasteiger partial charge in [0.1, 0.15) is 11.6 Å². The van der Waals surface area contributed by atoms with E-state index in [9.17, 15) is 4.79 Å². The van der Waals surface area contributed by atoms with Crippen LogP contribution in [-0.2, 0) is 0 Å². The topological polar surface area (TPSA) is 91.7 Å². The maximum atomic E-state index is 11.2. The van der Waals surface area contributed by atoms with Crippen LogP contribution >= 0.6 is 0 Å². The lowest BCUT2D eigenvalue weighted by Crippen LogP contribution is -2.09. The molecule has 0 aliphatic carbocycles. The lowest BCUT2D eigenvalue weighted by atomic mass is 10.1. The largest absolute Gasteiger partial charge is 0.467 e. The van der Waals surface area contributed by atoms with Crippen LogP contribution in [0, 0.1) is 11.3 Å². The summed E-state index contributed by atoms with van der Waals surface area (Å²) in [5.41, 5.74) is 0.823. The fraction of sp³-hybridized carbons (Fsp3) is 0.0909. The summed E-state index contributed by atoms with van der Waals surface area (Å²) in [6, 6.07) is 5.18. The summed E-state index contributed by atoms with van der Waals surface area (Å²) < 4.78 is 4.90. The van der Waals surface area contributed by atoms with Gasteiger partial charge in [0.2, 0.25) is 0 Å². The Hall–Kier alpha value is -2.68. The van der Waals surface area contributed by atoms with E-state index in [0.717, 1.165) is 0 Å². The van der Waals surface area contributed by atoms with E-state index in [1.807, 2.05) is 6.07 Å². The number of nitrogens with zero attached hydrogens (tertiary/aromatic N) is 3. The number of pyridine rings is 1. The molecule has 6 nitrogen and oxygen atoms in total. The first kappa shape index (κ1) is 10.8. The Labute approximate surface area is 96.5 Å². The first-order chi connectivity index (χ1) is 8.24. The van der Waals surface area contributed by atoms with E-state index >= 15 is 0 Å². The Kier molecular flexibility index (Phi) is 2.83. The molecule has 84 valence electrons. The SMILES string of the molecule is COc1nccc(-c2c[nH]c(=O)c(C#N)c2)n1. The van der Waals surface area contributed by atoms with E-state index in [1.165, 1.54) is 19.4 Å². The average Bonchev–Trinajstić information content (AvgIpc) is 2.39. The predicted molar refractivity (Wildman–Crippen MR) is 59.4 cm³/mol. The molecule has 0 aliphatic rings. The van der Waals surface area contributed by atoms with E-state index in [-0.39, 0.29) is 11.6 Å². The molecule has 2 aromatic heterocycles. The van der Waals surface area contributed by atoms with Crippen LogP contribution in [0.4, 0.5) is 0 Å².